The molecular weight excluding hydrogens is 520 g/mol. The van der Waals surface area contributed by atoms with Gasteiger partial charge in [0.25, 0.3) is 5.91 Å². The molecule has 2 aliphatic rings. The number of benzene rings is 2. The topological polar surface area (TPSA) is 120 Å². The van der Waals surface area contributed by atoms with Gasteiger partial charge in [0.05, 0.1) is 24.7 Å². The number of amides is 3. The Kier molecular flexibility index (Phi) is 8.75. The number of aromatic nitrogens is 2. The number of fused-ring (bicyclic) bond motifs is 1. The van der Waals surface area contributed by atoms with Crippen molar-refractivity contribution in [3.05, 3.63) is 52.8 Å². The lowest BCUT2D eigenvalue weighted by Gasteiger charge is -2.37. The first kappa shape index (κ1) is 28.4. The van der Waals surface area contributed by atoms with Crippen LogP contribution in [0.15, 0.2) is 30.3 Å². The molecular formula is C31H40N6O4. The Labute approximate surface area is 240 Å². The number of carbonyl (C=O) groups excluding carboxylic acids is 3. The second-order valence-electron chi connectivity index (χ2n) is 10.9. The first-order valence-corrected chi connectivity index (χ1v) is 14.6. The fraction of sp³-hybridized carbons (Fsp3) is 0.484. The van der Waals surface area contributed by atoms with Gasteiger partial charge in [-0.2, -0.15) is 0 Å². The number of carbonyl (C=O) groups is 3. The van der Waals surface area contributed by atoms with E-state index in [4.69, 9.17) is 9.72 Å². The second-order valence-corrected chi connectivity index (χ2v) is 10.9. The quantitative estimate of drug-likeness (QED) is 0.292. The zero-order valence-corrected chi connectivity index (χ0v) is 24.2. The van der Waals surface area contributed by atoms with Crippen molar-refractivity contribution < 1.29 is 19.1 Å². The van der Waals surface area contributed by atoms with E-state index in [0.717, 1.165) is 65.1 Å². The molecule has 0 bridgehead atoms. The number of rotatable bonds is 12. The summed E-state index contributed by atoms with van der Waals surface area (Å²) in [5.41, 5.74) is 5.46. The second kappa shape index (κ2) is 12.6. The molecule has 41 heavy (non-hydrogen) atoms. The number of likely N-dealkylation sites (tertiary alicyclic amines) is 1. The summed E-state index contributed by atoms with van der Waals surface area (Å²) in [6.07, 6.45) is 6.10. The maximum absolute atomic E-state index is 13.0. The van der Waals surface area contributed by atoms with E-state index >= 15 is 0 Å². The summed E-state index contributed by atoms with van der Waals surface area (Å²) in [5.74, 6) is 1.91. The minimum Gasteiger partial charge on any atom is -0.497 e. The van der Waals surface area contributed by atoms with Crippen LogP contribution in [-0.2, 0) is 22.4 Å². The zero-order chi connectivity index (χ0) is 28.9. The van der Waals surface area contributed by atoms with Crippen molar-refractivity contribution in [3.63, 3.8) is 0 Å². The van der Waals surface area contributed by atoms with E-state index in [1.165, 1.54) is 0 Å². The van der Waals surface area contributed by atoms with Crippen LogP contribution in [0.25, 0.3) is 11.0 Å². The van der Waals surface area contributed by atoms with Crippen LogP contribution < -0.4 is 15.4 Å². The first-order chi connectivity index (χ1) is 19.9. The van der Waals surface area contributed by atoms with Gasteiger partial charge in [-0.25, -0.2) is 4.98 Å². The molecule has 218 valence electrons. The van der Waals surface area contributed by atoms with E-state index in [1.54, 1.807) is 12.0 Å². The van der Waals surface area contributed by atoms with Crippen LogP contribution in [0.4, 0.5) is 5.69 Å². The molecule has 1 aliphatic carbocycles. The minimum absolute atomic E-state index is 0.0562. The van der Waals surface area contributed by atoms with Crippen molar-refractivity contribution in [2.24, 2.45) is 0 Å². The van der Waals surface area contributed by atoms with Gasteiger partial charge >= 0.3 is 0 Å². The maximum Gasteiger partial charge on any atom is 0.251 e. The highest BCUT2D eigenvalue weighted by Gasteiger charge is 2.28. The van der Waals surface area contributed by atoms with Crippen molar-refractivity contribution in [1.82, 2.24) is 25.1 Å². The fourth-order valence-electron chi connectivity index (χ4n) is 5.69. The van der Waals surface area contributed by atoms with Gasteiger partial charge in [-0.1, -0.05) is 6.92 Å². The molecule has 3 amide bonds. The molecule has 10 nitrogen and oxygen atoms in total. The number of aryl methyl sites for hydroxylation is 1. The van der Waals surface area contributed by atoms with E-state index in [1.807, 2.05) is 42.3 Å². The number of nitrogens with one attached hydrogen (secondary N) is 3. The largest absolute Gasteiger partial charge is 0.497 e. The van der Waals surface area contributed by atoms with Crippen LogP contribution in [0.1, 0.15) is 65.8 Å². The number of anilines is 1. The molecule has 0 atom stereocenters. The molecule has 0 unspecified atom stereocenters. The smallest absolute Gasteiger partial charge is 0.251 e. The molecule has 1 saturated carbocycles. The van der Waals surface area contributed by atoms with Crippen molar-refractivity contribution in [2.45, 2.75) is 57.4 Å². The van der Waals surface area contributed by atoms with Crippen LogP contribution in [0.5, 0.6) is 5.75 Å². The SMILES string of the molecule is CCc1cc(C(=O)NCC(=O)N2CCC(N(C=O)CCc3cc(OC)ccc3NC)CC2)cc2[nH]c(C3CC3)nc12. The first-order valence-electron chi connectivity index (χ1n) is 14.6. The Morgan fingerprint density at radius 2 is 1.93 bits per heavy atom. The molecule has 10 heteroatoms. The number of imidazole rings is 1. The molecule has 2 heterocycles. The van der Waals surface area contributed by atoms with E-state index in [-0.39, 0.29) is 24.4 Å². The highest BCUT2D eigenvalue weighted by Crippen LogP contribution is 2.39. The van der Waals surface area contributed by atoms with Gasteiger partial charge in [0.1, 0.15) is 11.6 Å². The minimum atomic E-state index is -0.266. The van der Waals surface area contributed by atoms with E-state index in [2.05, 4.69) is 22.5 Å². The van der Waals surface area contributed by atoms with Crippen molar-refractivity contribution >= 4 is 34.9 Å². The standard InChI is InChI=1S/C31H40N6O4/c1-4-20-15-23(17-27-29(20)35-30(34-27)21-5-6-21)31(40)33-18-28(39)36-13-10-24(11-14-36)37(19-38)12-9-22-16-25(41-3)7-8-26(22)32-2/h7-8,15-17,19,21,24,32H,4-6,9-14,18H2,1-3H3,(H,33,40)(H,34,35). The van der Waals surface area contributed by atoms with Gasteiger partial charge in [0.2, 0.25) is 12.3 Å². The Balaban J connectivity index is 1.12. The molecule has 2 aromatic carbocycles. The Morgan fingerprint density at radius 1 is 1.15 bits per heavy atom. The molecule has 0 spiro atoms. The average molecular weight is 561 g/mol. The van der Waals surface area contributed by atoms with Crippen molar-refractivity contribution in [1.29, 1.82) is 0 Å². The number of hydrogen-bond acceptors (Lipinski definition) is 6. The highest BCUT2D eigenvalue weighted by atomic mass is 16.5. The van der Waals surface area contributed by atoms with Gasteiger partial charge in [-0.3, -0.25) is 14.4 Å². The molecule has 1 aliphatic heterocycles. The third kappa shape index (κ3) is 6.47. The summed E-state index contributed by atoms with van der Waals surface area (Å²) in [6.45, 7) is 3.69. The average Bonchev–Trinajstić information content (AvgIpc) is 3.77. The monoisotopic (exact) mass is 560 g/mol. The van der Waals surface area contributed by atoms with E-state index < -0.39 is 0 Å². The number of nitrogens with zero attached hydrogens (tertiary/aromatic N) is 3. The lowest BCUT2D eigenvalue weighted by Crippen LogP contribution is -2.49. The highest BCUT2D eigenvalue weighted by molar-refractivity contribution is 5.99. The van der Waals surface area contributed by atoms with Gasteiger partial charge in [-0.05, 0) is 80.0 Å². The predicted octanol–water partition coefficient (Wildman–Crippen LogP) is 3.47. The lowest BCUT2D eigenvalue weighted by molar-refractivity contribution is -0.132. The summed E-state index contributed by atoms with van der Waals surface area (Å²) in [6, 6.07) is 9.66. The van der Waals surface area contributed by atoms with Crippen LogP contribution >= 0.6 is 0 Å². The molecule has 3 N–H and O–H groups in total. The predicted molar refractivity (Wildman–Crippen MR) is 158 cm³/mol. The molecule has 1 aromatic heterocycles. The number of aromatic amines is 1. The summed E-state index contributed by atoms with van der Waals surface area (Å²) >= 11 is 0. The van der Waals surface area contributed by atoms with Gasteiger partial charge in [0, 0.05) is 49.9 Å². The van der Waals surface area contributed by atoms with Crippen LogP contribution in [-0.4, -0.2) is 84.4 Å². The van der Waals surface area contributed by atoms with Crippen LogP contribution in [0.2, 0.25) is 0 Å². The summed E-state index contributed by atoms with van der Waals surface area (Å²) in [4.78, 5) is 49.6. The number of hydrogen-bond donors (Lipinski definition) is 3. The normalized spacial score (nSPS) is 15.5. The maximum atomic E-state index is 13.0. The fourth-order valence-corrected chi connectivity index (χ4v) is 5.69. The van der Waals surface area contributed by atoms with Crippen molar-refractivity contribution in [2.75, 3.05) is 45.7 Å². The van der Waals surface area contributed by atoms with Gasteiger partial charge in [0.15, 0.2) is 0 Å². The third-order valence-corrected chi connectivity index (χ3v) is 8.33. The van der Waals surface area contributed by atoms with Gasteiger partial charge in [-0.15, -0.1) is 0 Å². The van der Waals surface area contributed by atoms with E-state index in [9.17, 15) is 14.4 Å². The number of H-pyrrole nitrogens is 1. The number of piperidine rings is 1. The summed E-state index contributed by atoms with van der Waals surface area (Å²) in [7, 11) is 3.52. The molecule has 3 aromatic rings. The Morgan fingerprint density at radius 3 is 2.59 bits per heavy atom. The van der Waals surface area contributed by atoms with Crippen LogP contribution in [0, 0.1) is 0 Å². The van der Waals surface area contributed by atoms with Crippen molar-refractivity contribution in [3.8, 4) is 5.75 Å². The number of methoxy groups -OCH3 is 1. The Hall–Kier alpha value is -4.08. The number of ether oxygens (including phenoxy) is 1. The summed E-state index contributed by atoms with van der Waals surface area (Å²) in [5, 5.41) is 6.01. The third-order valence-electron chi connectivity index (χ3n) is 8.33. The van der Waals surface area contributed by atoms with E-state index in [0.29, 0.717) is 50.4 Å². The lowest BCUT2D eigenvalue weighted by atomic mass is 10.0. The molecule has 0 radical (unpaired) electrons. The zero-order valence-electron chi connectivity index (χ0n) is 24.2. The molecule has 1 saturated heterocycles. The molecule has 2 fully saturated rings. The Bertz CT molecular complexity index is 1410. The summed E-state index contributed by atoms with van der Waals surface area (Å²) < 4.78 is 5.36. The van der Waals surface area contributed by atoms with Gasteiger partial charge < -0.3 is 30.2 Å². The van der Waals surface area contributed by atoms with Crippen LogP contribution in [0.3, 0.4) is 0 Å². The molecule has 5 rings (SSSR count).